The fraction of sp³-hybridized carbons (Fsp3) is 0.375. The molecule has 3 aromatic rings. The van der Waals surface area contributed by atoms with Gasteiger partial charge in [-0.15, -0.1) is 0 Å². The van der Waals surface area contributed by atoms with Crippen LogP contribution in [0.5, 0.6) is 0 Å². The molecule has 0 radical (unpaired) electrons. The van der Waals surface area contributed by atoms with Gasteiger partial charge in [0.1, 0.15) is 5.58 Å². The maximum atomic E-state index is 13.0. The number of hydrogen-bond donors (Lipinski definition) is 1. The number of ether oxygens (including phenoxy) is 1. The standard InChI is InChI=1S/C24H28N2O3/c1-15-10-20(18(4)25-19-8-6-5-7-9-19)24-21(11-15)22(27)12-23(29-24)26-13-16(2)28-17(3)14-26/h5-12,16-18,25H,13-14H2,1-4H3/t16-,17+,18-/m1/s1. The van der Waals surface area contributed by atoms with Crippen molar-refractivity contribution in [2.75, 3.05) is 23.3 Å². The lowest BCUT2D eigenvalue weighted by atomic mass is 10.0. The molecular formula is C24H28N2O3. The summed E-state index contributed by atoms with van der Waals surface area (Å²) in [6.07, 6.45) is 0.187. The van der Waals surface area contributed by atoms with Gasteiger partial charge < -0.3 is 19.4 Å². The van der Waals surface area contributed by atoms with Crippen LogP contribution in [0.3, 0.4) is 0 Å². The summed E-state index contributed by atoms with van der Waals surface area (Å²) < 4.78 is 12.2. The molecule has 29 heavy (non-hydrogen) atoms. The van der Waals surface area contributed by atoms with Crippen LogP contribution in [-0.4, -0.2) is 25.3 Å². The molecule has 2 heterocycles. The predicted octanol–water partition coefficient (Wildman–Crippen LogP) is 4.89. The average Bonchev–Trinajstić information content (AvgIpc) is 2.68. The molecule has 1 saturated heterocycles. The van der Waals surface area contributed by atoms with E-state index in [1.807, 2.05) is 57.2 Å². The summed E-state index contributed by atoms with van der Waals surface area (Å²) in [5, 5.41) is 4.14. The highest BCUT2D eigenvalue weighted by atomic mass is 16.5. The van der Waals surface area contributed by atoms with E-state index in [4.69, 9.17) is 9.15 Å². The maximum Gasteiger partial charge on any atom is 0.200 e. The first kappa shape index (κ1) is 19.5. The number of morpholine rings is 1. The molecular weight excluding hydrogens is 364 g/mol. The van der Waals surface area contributed by atoms with Gasteiger partial charge in [-0.2, -0.15) is 0 Å². The number of fused-ring (bicyclic) bond motifs is 1. The first-order chi connectivity index (χ1) is 13.9. The lowest BCUT2D eigenvalue weighted by Crippen LogP contribution is -2.45. The summed E-state index contributed by atoms with van der Waals surface area (Å²) in [6.45, 7) is 9.60. The second kappa shape index (κ2) is 7.91. The van der Waals surface area contributed by atoms with Crippen molar-refractivity contribution in [1.82, 2.24) is 0 Å². The van der Waals surface area contributed by atoms with E-state index < -0.39 is 0 Å². The van der Waals surface area contributed by atoms with Gasteiger partial charge in [0, 0.05) is 30.4 Å². The van der Waals surface area contributed by atoms with Gasteiger partial charge in [0.2, 0.25) is 0 Å². The van der Waals surface area contributed by atoms with Crippen LogP contribution < -0.4 is 15.6 Å². The SMILES string of the molecule is Cc1cc([C@@H](C)Nc2ccccc2)c2oc(N3C[C@@H](C)O[C@@H](C)C3)cc(=O)c2c1. The van der Waals surface area contributed by atoms with Crippen molar-refractivity contribution in [3.63, 3.8) is 0 Å². The van der Waals surface area contributed by atoms with Gasteiger partial charge in [-0.25, -0.2) is 0 Å². The molecule has 1 aliphatic heterocycles. The Balaban J connectivity index is 1.77. The first-order valence-electron chi connectivity index (χ1n) is 10.2. The summed E-state index contributed by atoms with van der Waals surface area (Å²) in [5.41, 5.74) is 3.70. The Morgan fingerprint density at radius 1 is 1.07 bits per heavy atom. The van der Waals surface area contributed by atoms with E-state index in [0.717, 1.165) is 16.8 Å². The Hall–Kier alpha value is -2.79. The zero-order valence-electron chi connectivity index (χ0n) is 17.4. The molecule has 0 unspecified atom stereocenters. The molecule has 1 fully saturated rings. The first-order valence-corrected chi connectivity index (χ1v) is 10.2. The van der Waals surface area contributed by atoms with Crippen molar-refractivity contribution in [3.8, 4) is 0 Å². The molecule has 5 heteroatoms. The number of anilines is 2. The molecule has 0 bridgehead atoms. The van der Waals surface area contributed by atoms with Gasteiger partial charge in [-0.1, -0.05) is 24.3 Å². The monoisotopic (exact) mass is 392 g/mol. The third-order valence-electron chi connectivity index (χ3n) is 5.34. The molecule has 0 amide bonds. The molecule has 1 aromatic heterocycles. The third kappa shape index (κ3) is 4.15. The van der Waals surface area contributed by atoms with Gasteiger partial charge in [-0.05, 0) is 51.5 Å². The molecule has 2 aromatic carbocycles. The lowest BCUT2D eigenvalue weighted by molar-refractivity contribution is -0.00638. The van der Waals surface area contributed by atoms with E-state index in [1.165, 1.54) is 0 Å². The molecule has 3 atom stereocenters. The number of benzene rings is 2. The van der Waals surface area contributed by atoms with Crippen LogP contribution in [0.15, 0.2) is 57.7 Å². The van der Waals surface area contributed by atoms with Gasteiger partial charge in [0.25, 0.3) is 0 Å². The molecule has 152 valence electrons. The minimum absolute atomic E-state index is 0.00934. The van der Waals surface area contributed by atoms with Gasteiger partial charge in [-0.3, -0.25) is 4.79 Å². The second-order valence-corrected chi connectivity index (χ2v) is 8.07. The van der Waals surface area contributed by atoms with Crippen LogP contribution >= 0.6 is 0 Å². The molecule has 1 N–H and O–H groups in total. The van der Waals surface area contributed by atoms with Crippen LogP contribution in [0, 0.1) is 6.92 Å². The van der Waals surface area contributed by atoms with Gasteiger partial charge >= 0.3 is 0 Å². The van der Waals surface area contributed by atoms with Gasteiger partial charge in [0.15, 0.2) is 11.3 Å². The highest BCUT2D eigenvalue weighted by Gasteiger charge is 2.25. The number of rotatable bonds is 4. The summed E-state index contributed by atoms with van der Waals surface area (Å²) in [7, 11) is 0. The minimum Gasteiger partial charge on any atom is -0.440 e. The Morgan fingerprint density at radius 2 is 1.76 bits per heavy atom. The fourth-order valence-electron chi connectivity index (χ4n) is 4.12. The maximum absolute atomic E-state index is 13.0. The number of aryl methyl sites for hydroxylation is 1. The molecule has 5 nitrogen and oxygen atoms in total. The Bertz CT molecular complexity index is 1050. The highest BCUT2D eigenvalue weighted by Crippen LogP contribution is 2.30. The van der Waals surface area contributed by atoms with Crippen LogP contribution in [0.25, 0.3) is 11.0 Å². The number of nitrogens with zero attached hydrogens (tertiary/aromatic N) is 1. The van der Waals surface area contributed by atoms with Crippen molar-refractivity contribution in [1.29, 1.82) is 0 Å². The third-order valence-corrected chi connectivity index (χ3v) is 5.34. The zero-order valence-corrected chi connectivity index (χ0v) is 17.4. The zero-order chi connectivity index (χ0) is 20.5. The molecule has 1 aliphatic rings. The van der Waals surface area contributed by atoms with E-state index in [1.54, 1.807) is 6.07 Å². The van der Waals surface area contributed by atoms with E-state index in [-0.39, 0.29) is 23.7 Å². The summed E-state index contributed by atoms with van der Waals surface area (Å²) in [6, 6.07) is 15.7. The largest absolute Gasteiger partial charge is 0.440 e. The average molecular weight is 392 g/mol. The van der Waals surface area contributed by atoms with E-state index in [2.05, 4.69) is 23.2 Å². The smallest absolute Gasteiger partial charge is 0.200 e. The van der Waals surface area contributed by atoms with Crippen molar-refractivity contribution in [2.24, 2.45) is 0 Å². The van der Waals surface area contributed by atoms with E-state index >= 15 is 0 Å². The quantitative estimate of drug-likeness (QED) is 0.685. The number of hydrogen-bond acceptors (Lipinski definition) is 5. The fourth-order valence-corrected chi connectivity index (χ4v) is 4.12. The number of nitrogens with one attached hydrogen (secondary N) is 1. The van der Waals surface area contributed by atoms with Crippen molar-refractivity contribution in [3.05, 3.63) is 69.9 Å². The Kier molecular flexibility index (Phi) is 5.33. The number of para-hydroxylation sites is 1. The van der Waals surface area contributed by atoms with Crippen LogP contribution in [0.4, 0.5) is 11.6 Å². The van der Waals surface area contributed by atoms with Crippen LogP contribution in [0.1, 0.15) is 37.9 Å². The van der Waals surface area contributed by atoms with E-state index in [0.29, 0.717) is 29.9 Å². The second-order valence-electron chi connectivity index (χ2n) is 8.07. The predicted molar refractivity (Wildman–Crippen MR) is 118 cm³/mol. The molecule has 0 aliphatic carbocycles. The van der Waals surface area contributed by atoms with E-state index in [9.17, 15) is 4.79 Å². The molecule has 0 saturated carbocycles. The molecule has 4 rings (SSSR count). The van der Waals surface area contributed by atoms with Crippen molar-refractivity contribution < 1.29 is 9.15 Å². The topological polar surface area (TPSA) is 54.7 Å². The summed E-state index contributed by atoms with van der Waals surface area (Å²) >= 11 is 0. The summed E-state index contributed by atoms with van der Waals surface area (Å²) in [5.74, 6) is 0.613. The molecule has 0 spiro atoms. The minimum atomic E-state index is -0.0132. The summed E-state index contributed by atoms with van der Waals surface area (Å²) in [4.78, 5) is 15.1. The van der Waals surface area contributed by atoms with Gasteiger partial charge in [0.05, 0.1) is 23.6 Å². The Morgan fingerprint density at radius 3 is 2.45 bits per heavy atom. The Labute approximate surface area is 171 Å². The normalized spacial score (nSPS) is 20.6. The highest BCUT2D eigenvalue weighted by molar-refractivity contribution is 5.82. The van der Waals surface area contributed by atoms with Crippen molar-refractivity contribution in [2.45, 2.75) is 45.9 Å². The lowest BCUT2D eigenvalue weighted by Gasteiger charge is -2.35. The van der Waals surface area contributed by atoms with Crippen molar-refractivity contribution >= 4 is 22.5 Å². The van der Waals surface area contributed by atoms with Crippen LogP contribution in [-0.2, 0) is 4.74 Å². The van der Waals surface area contributed by atoms with Crippen LogP contribution in [0.2, 0.25) is 0 Å².